The summed E-state index contributed by atoms with van der Waals surface area (Å²) in [5.41, 5.74) is 2.15. The summed E-state index contributed by atoms with van der Waals surface area (Å²) >= 11 is 33.6. The zero-order valence-corrected chi connectivity index (χ0v) is 20.8. The van der Waals surface area contributed by atoms with Gasteiger partial charge in [0.25, 0.3) is 0 Å². The Balaban J connectivity index is 1.90. The van der Waals surface area contributed by atoms with Gasteiger partial charge in [0.2, 0.25) is 10.7 Å². The number of aromatic nitrogens is 3. The van der Waals surface area contributed by atoms with Crippen LogP contribution in [0.4, 0.5) is 11.6 Å². The molecule has 3 aromatic carbocycles. The van der Waals surface area contributed by atoms with Crippen molar-refractivity contribution >= 4 is 86.2 Å². The van der Waals surface area contributed by atoms with Gasteiger partial charge < -0.3 is 5.32 Å². The lowest BCUT2D eigenvalue weighted by Gasteiger charge is -2.16. The quantitative estimate of drug-likeness (QED) is 0.248. The average Bonchev–Trinajstić information content (AvgIpc) is 2.73. The first-order valence-corrected chi connectivity index (χ1v) is 11.5. The molecular weight excluding hydrogens is 562 g/mol. The Kier molecular flexibility index (Phi) is 6.86. The van der Waals surface area contributed by atoms with Gasteiger partial charge in [0.15, 0.2) is 5.82 Å². The van der Waals surface area contributed by atoms with Gasteiger partial charge in [-0.1, -0.05) is 74.5 Å². The summed E-state index contributed by atoms with van der Waals surface area (Å²) in [6.07, 6.45) is 0. The second-order valence-corrected chi connectivity index (χ2v) is 9.26. The molecule has 10 heteroatoms. The predicted octanol–water partition coefficient (Wildman–Crippen LogP) is 8.78. The number of nitrogens with one attached hydrogen (secondary N) is 1. The van der Waals surface area contributed by atoms with Crippen molar-refractivity contribution in [3.05, 3.63) is 90.0 Å². The van der Waals surface area contributed by atoms with E-state index in [4.69, 9.17) is 63.6 Å². The van der Waals surface area contributed by atoms with Gasteiger partial charge >= 0.3 is 0 Å². The van der Waals surface area contributed by atoms with Gasteiger partial charge in [-0.3, -0.25) is 4.57 Å². The molecule has 0 aliphatic heterocycles. The molecule has 0 unspecified atom stereocenters. The van der Waals surface area contributed by atoms with E-state index < -0.39 is 0 Å². The van der Waals surface area contributed by atoms with Gasteiger partial charge in [0.05, 0.1) is 25.8 Å². The highest BCUT2D eigenvalue weighted by molar-refractivity contribution is 9.10. The third-order valence-electron chi connectivity index (χ3n) is 4.26. The highest BCUT2D eigenvalue weighted by Crippen LogP contribution is 2.30. The molecule has 0 bridgehead atoms. The first kappa shape index (κ1) is 22.5. The van der Waals surface area contributed by atoms with Crippen LogP contribution in [0.2, 0.25) is 20.1 Å². The summed E-state index contributed by atoms with van der Waals surface area (Å²) in [6.45, 7) is 0. The molecule has 31 heavy (non-hydrogen) atoms. The van der Waals surface area contributed by atoms with Gasteiger partial charge in [-0.2, -0.15) is 9.97 Å². The molecule has 0 radical (unpaired) electrons. The van der Waals surface area contributed by atoms with Crippen molar-refractivity contribution in [1.82, 2.24) is 14.5 Å². The Morgan fingerprint density at radius 3 is 2.06 bits per heavy atom. The second kappa shape index (κ2) is 9.45. The van der Waals surface area contributed by atoms with E-state index in [1.807, 2.05) is 24.3 Å². The highest BCUT2D eigenvalue weighted by Gasteiger charge is 2.14. The van der Waals surface area contributed by atoms with Crippen LogP contribution in [-0.2, 0) is 0 Å². The summed E-state index contributed by atoms with van der Waals surface area (Å²) in [4.78, 5) is 9.24. The SMILES string of the molecule is S=c1nc(-c2ccc(Br)cc2)nc(Nc2ccc(Cl)c(Cl)c2)n1-c1ccc(Cl)c(Cl)c1. The maximum Gasteiger partial charge on any atom is 0.216 e. The molecule has 4 rings (SSSR count). The van der Waals surface area contributed by atoms with Crippen LogP contribution in [0.3, 0.4) is 0 Å². The molecule has 0 saturated carbocycles. The Bertz CT molecular complexity index is 1340. The summed E-state index contributed by atoms with van der Waals surface area (Å²) in [5.74, 6) is 0.895. The fourth-order valence-electron chi connectivity index (χ4n) is 2.78. The van der Waals surface area contributed by atoms with Crippen molar-refractivity contribution in [3.8, 4) is 17.1 Å². The Morgan fingerprint density at radius 2 is 1.42 bits per heavy atom. The highest BCUT2D eigenvalue weighted by atomic mass is 79.9. The van der Waals surface area contributed by atoms with Gasteiger partial charge in [0.1, 0.15) is 0 Å². The van der Waals surface area contributed by atoms with Crippen molar-refractivity contribution < 1.29 is 0 Å². The van der Waals surface area contributed by atoms with Crippen molar-refractivity contribution in [2.24, 2.45) is 0 Å². The minimum Gasteiger partial charge on any atom is -0.325 e. The number of anilines is 2. The normalized spacial score (nSPS) is 10.9. The molecule has 1 heterocycles. The third-order valence-corrected chi connectivity index (χ3v) is 6.54. The molecular formula is C21H11BrCl4N4S. The molecule has 4 nitrogen and oxygen atoms in total. The van der Waals surface area contributed by atoms with Crippen molar-refractivity contribution in [2.75, 3.05) is 5.32 Å². The minimum atomic E-state index is 0.286. The van der Waals surface area contributed by atoms with E-state index in [9.17, 15) is 0 Å². The lowest BCUT2D eigenvalue weighted by molar-refractivity contribution is 0.912. The number of halogens is 5. The standard InChI is InChI=1S/C21H11BrCl4N4S/c22-12-3-1-11(2-4-12)19-28-20(27-13-5-7-15(23)17(25)9-13)30(21(31)29-19)14-6-8-16(24)18(26)10-14/h1-10H,(H,27,28,29,31). The second-order valence-electron chi connectivity index (χ2n) is 6.35. The van der Waals surface area contributed by atoms with Crippen molar-refractivity contribution in [2.45, 2.75) is 0 Å². The maximum atomic E-state index is 6.23. The molecule has 1 aromatic heterocycles. The van der Waals surface area contributed by atoms with E-state index in [1.54, 1.807) is 41.0 Å². The molecule has 0 atom stereocenters. The molecule has 0 aliphatic carbocycles. The minimum absolute atomic E-state index is 0.286. The van der Waals surface area contributed by atoms with Gasteiger partial charge in [-0.25, -0.2) is 0 Å². The smallest absolute Gasteiger partial charge is 0.216 e. The van der Waals surface area contributed by atoms with Crippen LogP contribution in [0.5, 0.6) is 0 Å². The summed E-state index contributed by atoms with van der Waals surface area (Å²) < 4.78 is 2.90. The van der Waals surface area contributed by atoms with Crippen molar-refractivity contribution in [3.63, 3.8) is 0 Å². The summed E-state index contributed by atoms with van der Waals surface area (Å²) in [7, 11) is 0. The Labute approximate surface area is 211 Å². The number of rotatable bonds is 4. The molecule has 0 aliphatic rings. The number of nitrogens with zero attached hydrogens (tertiary/aromatic N) is 3. The molecule has 0 saturated heterocycles. The lowest BCUT2D eigenvalue weighted by Crippen LogP contribution is -2.11. The molecule has 0 fully saturated rings. The number of hydrogen-bond acceptors (Lipinski definition) is 4. The Morgan fingerprint density at radius 1 is 0.774 bits per heavy atom. The van der Waals surface area contributed by atoms with E-state index in [0.717, 1.165) is 10.0 Å². The van der Waals surface area contributed by atoms with Crippen LogP contribution in [0, 0.1) is 4.77 Å². The van der Waals surface area contributed by atoms with Crippen LogP contribution < -0.4 is 5.32 Å². The lowest BCUT2D eigenvalue weighted by atomic mass is 10.2. The molecule has 156 valence electrons. The summed E-state index contributed by atoms with van der Waals surface area (Å²) in [6, 6.07) is 18.0. The maximum absolute atomic E-state index is 6.23. The average molecular weight is 573 g/mol. The van der Waals surface area contributed by atoms with E-state index in [2.05, 4.69) is 26.2 Å². The monoisotopic (exact) mass is 570 g/mol. The molecule has 0 spiro atoms. The number of hydrogen-bond donors (Lipinski definition) is 1. The fourth-order valence-corrected chi connectivity index (χ4v) is 3.91. The van der Waals surface area contributed by atoms with Crippen LogP contribution in [0.15, 0.2) is 65.1 Å². The van der Waals surface area contributed by atoms with E-state index in [1.165, 1.54) is 0 Å². The third kappa shape index (κ3) is 5.06. The molecule has 4 aromatic rings. The van der Waals surface area contributed by atoms with Crippen LogP contribution in [0.25, 0.3) is 17.1 Å². The van der Waals surface area contributed by atoms with Crippen LogP contribution in [0.1, 0.15) is 0 Å². The van der Waals surface area contributed by atoms with E-state index in [-0.39, 0.29) is 4.77 Å². The van der Waals surface area contributed by atoms with Crippen molar-refractivity contribution in [1.29, 1.82) is 0 Å². The van der Waals surface area contributed by atoms with E-state index in [0.29, 0.717) is 43.2 Å². The zero-order valence-electron chi connectivity index (χ0n) is 15.4. The van der Waals surface area contributed by atoms with Crippen LogP contribution >= 0.6 is 74.6 Å². The zero-order chi connectivity index (χ0) is 22.1. The topological polar surface area (TPSA) is 42.7 Å². The first-order valence-electron chi connectivity index (χ1n) is 8.76. The molecule has 0 amide bonds. The van der Waals surface area contributed by atoms with E-state index >= 15 is 0 Å². The molecule has 1 N–H and O–H groups in total. The van der Waals surface area contributed by atoms with Crippen LogP contribution in [-0.4, -0.2) is 14.5 Å². The van der Waals surface area contributed by atoms with Gasteiger partial charge in [-0.15, -0.1) is 0 Å². The fraction of sp³-hybridized carbons (Fsp3) is 0. The summed E-state index contributed by atoms with van der Waals surface area (Å²) in [5, 5.41) is 4.93. The first-order chi connectivity index (χ1) is 14.8. The Hall–Kier alpha value is -1.67. The van der Waals surface area contributed by atoms with Gasteiger partial charge in [-0.05, 0) is 60.7 Å². The predicted molar refractivity (Wildman–Crippen MR) is 135 cm³/mol. The van der Waals surface area contributed by atoms with Gasteiger partial charge in [0, 0.05) is 15.7 Å². The largest absolute Gasteiger partial charge is 0.325 e. The number of benzene rings is 3.